The summed E-state index contributed by atoms with van der Waals surface area (Å²) in [5.41, 5.74) is 6.13. The second kappa shape index (κ2) is 7.13. The molecule has 2 atom stereocenters. The van der Waals surface area contributed by atoms with Crippen molar-refractivity contribution in [3.05, 3.63) is 36.0 Å². The fourth-order valence-electron chi connectivity index (χ4n) is 1.89. The summed E-state index contributed by atoms with van der Waals surface area (Å²) in [7, 11) is 0. The summed E-state index contributed by atoms with van der Waals surface area (Å²) in [6, 6.07) is 5.47. The Bertz CT molecular complexity index is 642. The second-order valence-corrected chi connectivity index (χ2v) is 5.27. The van der Waals surface area contributed by atoms with Gasteiger partial charge in [-0.2, -0.15) is 4.98 Å². The molecule has 1 aromatic carbocycles. The summed E-state index contributed by atoms with van der Waals surface area (Å²) in [5, 5.41) is 6.57. The molecule has 7 heteroatoms. The number of carbonyl (C=O) groups excluding carboxylic acids is 1. The molecule has 0 saturated heterocycles. The smallest absolute Gasteiger partial charge is 0.249 e. The van der Waals surface area contributed by atoms with Crippen LogP contribution < -0.4 is 11.1 Å². The topological polar surface area (TPSA) is 94.0 Å². The van der Waals surface area contributed by atoms with Gasteiger partial charge in [0.1, 0.15) is 11.9 Å². The summed E-state index contributed by atoms with van der Waals surface area (Å²) < 4.78 is 18.3. The predicted molar refractivity (Wildman–Crippen MR) is 79.1 cm³/mol. The first-order valence-electron chi connectivity index (χ1n) is 7.10. The van der Waals surface area contributed by atoms with E-state index in [-0.39, 0.29) is 29.5 Å². The van der Waals surface area contributed by atoms with Gasteiger partial charge < -0.3 is 15.6 Å². The van der Waals surface area contributed by atoms with Gasteiger partial charge >= 0.3 is 0 Å². The maximum atomic E-state index is 13.2. The van der Waals surface area contributed by atoms with Crippen LogP contribution in [0.15, 0.2) is 28.8 Å². The molecule has 2 aromatic rings. The van der Waals surface area contributed by atoms with Crippen LogP contribution in [0.3, 0.4) is 0 Å². The SMILES string of the molecule is CC(N)CCC(=O)NC(C)c1nc(-c2cccc(F)c2)no1. The van der Waals surface area contributed by atoms with Crippen molar-refractivity contribution in [3.63, 3.8) is 0 Å². The van der Waals surface area contributed by atoms with Crippen LogP contribution in [-0.4, -0.2) is 22.1 Å². The standard InChI is InChI=1S/C15H19FN4O2/c1-9(17)6-7-13(21)18-10(2)15-19-14(20-22-15)11-4-3-5-12(16)8-11/h3-5,8-10H,6-7,17H2,1-2H3,(H,18,21). The highest BCUT2D eigenvalue weighted by Gasteiger charge is 2.17. The van der Waals surface area contributed by atoms with E-state index in [0.717, 1.165) is 0 Å². The lowest BCUT2D eigenvalue weighted by Gasteiger charge is -2.10. The van der Waals surface area contributed by atoms with Crippen molar-refractivity contribution in [2.75, 3.05) is 0 Å². The minimum absolute atomic E-state index is 0.0240. The van der Waals surface area contributed by atoms with Gasteiger partial charge in [0.2, 0.25) is 17.6 Å². The summed E-state index contributed by atoms with van der Waals surface area (Å²) in [6.07, 6.45) is 0.948. The average molecular weight is 306 g/mol. The van der Waals surface area contributed by atoms with Gasteiger partial charge in [-0.25, -0.2) is 4.39 Å². The van der Waals surface area contributed by atoms with Gasteiger partial charge in [-0.3, -0.25) is 4.79 Å². The molecule has 0 aliphatic carbocycles. The summed E-state index contributed by atoms with van der Waals surface area (Å²) in [6.45, 7) is 3.59. The fraction of sp³-hybridized carbons (Fsp3) is 0.400. The van der Waals surface area contributed by atoms with Gasteiger partial charge in [0.05, 0.1) is 0 Å². The average Bonchev–Trinajstić information content (AvgIpc) is 2.95. The molecular formula is C15H19FN4O2. The Morgan fingerprint density at radius 1 is 1.45 bits per heavy atom. The Balaban J connectivity index is 2.00. The van der Waals surface area contributed by atoms with E-state index < -0.39 is 6.04 Å². The van der Waals surface area contributed by atoms with Crippen molar-refractivity contribution in [2.24, 2.45) is 5.73 Å². The molecule has 2 rings (SSSR count). The summed E-state index contributed by atoms with van der Waals surface area (Å²) in [4.78, 5) is 15.9. The molecule has 0 aliphatic rings. The zero-order valence-electron chi connectivity index (χ0n) is 12.5. The number of nitrogens with one attached hydrogen (secondary N) is 1. The normalized spacial score (nSPS) is 13.6. The van der Waals surface area contributed by atoms with Gasteiger partial charge in [0.25, 0.3) is 0 Å². The highest BCUT2D eigenvalue weighted by atomic mass is 19.1. The number of hydrogen-bond acceptors (Lipinski definition) is 5. The quantitative estimate of drug-likeness (QED) is 0.853. The molecule has 0 fully saturated rings. The maximum absolute atomic E-state index is 13.2. The van der Waals surface area contributed by atoms with Gasteiger partial charge in [0.15, 0.2) is 0 Å². The van der Waals surface area contributed by atoms with E-state index in [2.05, 4.69) is 15.5 Å². The monoisotopic (exact) mass is 306 g/mol. The van der Waals surface area contributed by atoms with Crippen molar-refractivity contribution in [3.8, 4) is 11.4 Å². The minimum atomic E-state index is -0.421. The second-order valence-electron chi connectivity index (χ2n) is 5.27. The minimum Gasteiger partial charge on any atom is -0.345 e. The van der Waals surface area contributed by atoms with E-state index in [4.69, 9.17) is 10.3 Å². The molecule has 0 spiro atoms. The lowest BCUT2D eigenvalue weighted by atomic mass is 10.2. The Morgan fingerprint density at radius 2 is 2.23 bits per heavy atom. The Morgan fingerprint density at radius 3 is 2.91 bits per heavy atom. The molecule has 3 N–H and O–H groups in total. The number of nitrogens with zero attached hydrogens (tertiary/aromatic N) is 2. The van der Waals surface area contributed by atoms with E-state index in [0.29, 0.717) is 18.4 Å². The molecule has 1 heterocycles. The Hall–Kier alpha value is -2.28. The first-order chi connectivity index (χ1) is 10.5. The van der Waals surface area contributed by atoms with Crippen molar-refractivity contribution in [2.45, 2.75) is 38.8 Å². The van der Waals surface area contributed by atoms with Crippen LogP contribution >= 0.6 is 0 Å². The largest absolute Gasteiger partial charge is 0.345 e. The lowest BCUT2D eigenvalue weighted by Crippen LogP contribution is -2.28. The van der Waals surface area contributed by atoms with Crippen LogP contribution in [-0.2, 0) is 4.79 Å². The first-order valence-corrected chi connectivity index (χ1v) is 7.10. The molecule has 0 radical (unpaired) electrons. The highest BCUT2D eigenvalue weighted by molar-refractivity contribution is 5.76. The number of aromatic nitrogens is 2. The van der Waals surface area contributed by atoms with Gasteiger partial charge in [-0.05, 0) is 32.4 Å². The third kappa shape index (κ3) is 4.36. The molecule has 0 bridgehead atoms. The van der Waals surface area contributed by atoms with E-state index in [9.17, 15) is 9.18 Å². The third-order valence-corrected chi connectivity index (χ3v) is 3.10. The molecule has 6 nitrogen and oxygen atoms in total. The van der Waals surface area contributed by atoms with Crippen LogP contribution in [0.4, 0.5) is 4.39 Å². The Kier molecular flexibility index (Phi) is 5.21. The summed E-state index contributed by atoms with van der Waals surface area (Å²) >= 11 is 0. The van der Waals surface area contributed by atoms with Crippen molar-refractivity contribution in [1.82, 2.24) is 15.5 Å². The van der Waals surface area contributed by atoms with Gasteiger partial charge in [-0.15, -0.1) is 0 Å². The number of carbonyl (C=O) groups is 1. The first kappa shape index (κ1) is 16.1. The van der Waals surface area contributed by atoms with Crippen LogP contribution in [0.25, 0.3) is 11.4 Å². The number of nitrogens with two attached hydrogens (primary N) is 1. The molecule has 1 aromatic heterocycles. The number of amides is 1. The van der Waals surface area contributed by atoms with Crippen molar-refractivity contribution >= 4 is 5.91 Å². The van der Waals surface area contributed by atoms with Crippen LogP contribution in [0.2, 0.25) is 0 Å². The molecule has 0 aliphatic heterocycles. The van der Waals surface area contributed by atoms with Gasteiger partial charge in [0, 0.05) is 18.0 Å². The lowest BCUT2D eigenvalue weighted by molar-refractivity contribution is -0.122. The van der Waals surface area contributed by atoms with Crippen molar-refractivity contribution in [1.29, 1.82) is 0 Å². The van der Waals surface area contributed by atoms with E-state index in [1.54, 1.807) is 19.1 Å². The van der Waals surface area contributed by atoms with Crippen molar-refractivity contribution < 1.29 is 13.7 Å². The molecule has 0 saturated carbocycles. The van der Waals surface area contributed by atoms with Crippen LogP contribution in [0.1, 0.15) is 38.6 Å². The maximum Gasteiger partial charge on any atom is 0.249 e. The Labute approximate surface area is 127 Å². The summed E-state index contributed by atoms with van der Waals surface area (Å²) in [5.74, 6) is 0.0519. The molecule has 1 amide bonds. The third-order valence-electron chi connectivity index (χ3n) is 3.10. The highest BCUT2D eigenvalue weighted by Crippen LogP contribution is 2.19. The number of rotatable bonds is 6. The number of benzene rings is 1. The van der Waals surface area contributed by atoms with E-state index in [1.807, 2.05) is 6.92 Å². The molecule has 2 unspecified atom stereocenters. The van der Waals surface area contributed by atoms with E-state index >= 15 is 0 Å². The molecule has 118 valence electrons. The van der Waals surface area contributed by atoms with Gasteiger partial charge in [-0.1, -0.05) is 17.3 Å². The number of halogens is 1. The zero-order chi connectivity index (χ0) is 16.1. The molecular weight excluding hydrogens is 287 g/mol. The fourth-order valence-corrected chi connectivity index (χ4v) is 1.89. The molecule has 22 heavy (non-hydrogen) atoms. The van der Waals surface area contributed by atoms with Crippen LogP contribution in [0, 0.1) is 5.82 Å². The zero-order valence-corrected chi connectivity index (χ0v) is 12.5. The number of hydrogen-bond donors (Lipinski definition) is 2. The predicted octanol–water partition coefficient (Wildman–Crippen LogP) is 2.18. The van der Waals surface area contributed by atoms with E-state index in [1.165, 1.54) is 12.1 Å². The van der Waals surface area contributed by atoms with Crippen LogP contribution in [0.5, 0.6) is 0 Å².